The maximum atomic E-state index is 12.7. The van der Waals surface area contributed by atoms with Crippen molar-refractivity contribution < 1.29 is 18.7 Å². The summed E-state index contributed by atoms with van der Waals surface area (Å²) in [4.78, 5) is 24.9. The lowest BCUT2D eigenvalue weighted by molar-refractivity contribution is -0.139. The van der Waals surface area contributed by atoms with Crippen LogP contribution in [0.2, 0.25) is 0 Å². The average molecular weight is 349 g/mol. The van der Waals surface area contributed by atoms with Crippen molar-refractivity contribution in [3.8, 4) is 11.3 Å². The Hall–Kier alpha value is -2.80. The van der Waals surface area contributed by atoms with Gasteiger partial charge < -0.3 is 15.8 Å². The lowest BCUT2D eigenvalue weighted by Gasteiger charge is -2.03. The van der Waals surface area contributed by atoms with Gasteiger partial charge in [-0.3, -0.25) is 9.59 Å². The number of carbonyl (C=O) groups is 2. The van der Waals surface area contributed by atoms with Crippen molar-refractivity contribution in [1.29, 1.82) is 0 Å². The van der Waals surface area contributed by atoms with Gasteiger partial charge in [-0.1, -0.05) is 13.8 Å². The molecule has 0 fully saturated rings. The zero-order valence-electron chi connectivity index (χ0n) is 14.9. The Labute approximate surface area is 147 Å². The standard InChI is InChI=1S/C12H9FN2O.C4H9NO2.C2H6/c13-9-3-1-8(2-4-9)11-6-5-10(14)12(7-16)15-11;1-5-3-4(6)7-2;1-2/h1-7H,14H2;5H,3H2,1-2H3;1-2H3. The SMILES string of the molecule is CC.CNCC(=O)OC.Nc1ccc(-c2ccc(F)cc2)nc1C=O. The number of benzene rings is 1. The van der Waals surface area contributed by atoms with Crippen LogP contribution in [0.3, 0.4) is 0 Å². The molecule has 0 bridgehead atoms. The first-order valence-electron chi connectivity index (χ1n) is 7.70. The monoisotopic (exact) mass is 349 g/mol. The van der Waals surface area contributed by atoms with E-state index in [0.29, 0.717) is 17.7 Å². The van der Waals surface area contributed by atoms with Crippen molar-refractivity contribution in [2.45, 2.75) is 13.8 Å². The van der Waals surface area contributed by atoms with E-state index in [1.165, 1.54) is 19.2 Å². The Morgan fingerprint density at radius 2 is 1.84 bits per heavy atom. The van der Waals surface area contributed by atoms with Crippen molar-refractivity contribution in [3.63, 3.8) is 0 Å². The van der Waals surface area contributed by atoms with Crippen LogP contribution < -0.4 is 11.1 Å². The fraction of sp³-hybridized carbons (Fsp3) is 0.278. The summed E-state index contributed by atoms with van der Waals surface area (Å²) in [6, 6.07) is 9.18. The predicted octanol–water partition coefficient (Wildman–Crippen LogP) is 2.69. The minimum Gasteiger partial charge on any atom is -0.468 e. The Morgan fingerprint density at radius 1 is 1.24 bits per heavy atom. The molecule has 7 heteroatoms. The van der Waals surface area contributed by atoms with E-state index in [1.54, 1.807) is 31.3 Å². The summed E-state index contributed by atoms with van der Waals surface area (Å²) in [7, 11) is 3.05. The molecular formula is C18H24FN3O3. The molecule has 0 unspecified atom stereocenters. The summed E-state index contributed by atoms with van der Waals surface area (Å²) in [5, 5.41) is 2.64. The highest BCUT2D eigenvalue weighted by Crippen LogP contribution is 2.19. The molecule has 136 valence electrons. The van der Waals surface area contributed by atoms with Gasteiger partial charge in [0.05, 0.1) is 25.0 Å². The first-order valence-corrected chi connectivity index (χ1v) is 7.70. The third-order valence-corrected chi connectivity index (χ3v) is 2.76. The van der Waals surface area contributed by atoms with Crippen LogP contribution >= 0.6 is 0 Å². The first-order chi connectivity index (χ1) is 12.0. The number of pyridine rings is 1. The number of aromatic nitrogens is 1. The number of rotatable bonds is 4. The zero-order valence-corrected chi connectivity index (χ0v) is 14.9. The predicted molar refractivity (Wildman–Crippen MR) is 96.7 cm³/mol. The van der Waals surface area contributed by atoms with Gasteiger partial charge in [-0.05, 0) is 43.4 Å². The number of nitrogen functional groups attached to an aromatic ring is 1. The molecule has 3 N–H and O–H groups in total. The molecule has 2 rings (SSSR count). The number of carbonyl (C=O) groups excluding carboxylic acids is 2. The molecule has 6 nitrogen and oxygen atoms in total. The Bertz CT molecular complexity index is 661. The van der Waals surface area contributed by atoms with E-state index >= 15 is 0 Å². The first kappa shape index (κ1) is 22.2. The van der Waals surface area contributed by atoms with Crippen LogP contribution in [0.25, 0.3) is 11.3 Å². The van der Waals surface area contributed by atoms with Gasteiger partial charge in [0.15, 0.2) is 6.29 Å². The van der Waals surface area contributed by atoms with Crippen molar-refractivity contribution in [3.05, 3.63) is 47.9 Å². The maximum absolute atomic E-state index is 12.7. The molecule has 0 spiro atoms. The molecule has 0 amide bonds. The molecule has 0 radical (unpaired) electrons. The molecule has 0 aliphatic carbocycles. The maximum Gasteiger partial charge on any atom is 0.319 e. The third-order valence-electron chi connectivity index (χ3n) is 2.76. The molecule has 1 heterocycles. The van der Waals surface area contributed by atoms with Crippen LogP contribution in [0.1, 0.15) is 24.3 Å². The van der Waals surface area contributed by atoms with Crippen LogP contribution in [-0.2, 0) is 9.53 Å². The topological polar surface area (TPSA) is 94.3 Å². The molecule has 0 aliphatic heterocycles. The van der Waals surface area contributed by atoms with Crippen molar-refractivity contribution in [1.82, 2.24) is 10.3 Å². The quantitative estimate of drug-likeness (QED) is 0.651. The second-order valence-corrected chi connectivity index (χ2v) is 4.40. The number of ether oxygens (including phenoxy) is 1. The van der Waals surface area contributed by atoms with E-state index in [2.05, 4.69) is 15.0 Å². The van der Waals surface area contributed by atoms with E-state index < -0.39 is 0 Å². The lowest BCUT2D eigenvalue weighted by atomic mass is 10.1. The molecule has 2 aromatic rings. The number of nitrogens with one attached hydrogen (secondary N) is 1. The number of nitrogens with two attached hydrogens (primary N) is 1. The molecule has 1 aromatic heterocycles. The summed E-state index contributed by atoms with van der Waals surface area (Å²) < 4.78 is 17.0. The van der Waals surface area contributed by atoms with Gasteiger partial charge in [0.1, 0.15) is 11.5 Å². The van der Waals surface area contributed by atoms with Crippen LogP contribution in [0, 0.1) is 5.82 Å². The van der Waals surface area contributed by atoms with E-state index in [0.717, 1.165) is 5.56 Å². The number of aldehydes is 1. The summed E-state index contributed by atoms with van der Waals surface area (Å²) in [5.74, 6) is -0.544. The van der Waals surface area contributed by atoms with Gasteiger partial charge in [0.2, 0.25) is 0 Å². The third kappa shape index (κ3) is 8.03. The highest BCUT2D eigenvalue weighted by molar-refractivity contribution is 5.81. The van der Waals surface area contributed by atoms with E-state index in [1.807, 2.05) is 13.8 Å². The van der Waals surface area contributed by atoms with Gasteiger partial charge in [0.25, 0.3) is 0 Å². The Balaban J connectivity index is 0.000000544. The molecule has 1 aromatic carbocycles. The van der Waals surface area contributed by atoms with Crippen molar-refractivity contribution in [2.75, 3.05) is 26.4 Å². The molecular weight excluding hydrogens is 325 g/mol. The molecule has 0 saturated heterocycles. The van der Waals surface area contributed by atoms with E-state index in [4.69, 9.17) is 5.73 Å². The number of likely N-dealkylation sites (N-methyl/N-ethyl adjacent to an activating group) is 1. The number of halogens is 1. The second-order valence-electron chi connectivity index (χ2n) is 4.40. The number of nitrogens with zero attached hydrogens (tertiary/aromatic N) is 1. The number of hydrogen-bond acceptors (Lipinski definition) is 6. The average Bonchev–Trinajstić information content (AvgIpc) is 2.65. The highest BCUT2D eigenvalue weighted by Gasteiger charge is 2.04. The fourth-order valence-electron chi connectivity index (χ4n) is 1.58. The van der Waals surface area contributed by atoms with Gasteiger partial charge in [-0.25, -0.2) is 9.37 Å². The second kappa shape index (κ2) is 12.6. The smallest absolute Gasteiger partial charge is 0.319 e. The lowest BCUT2D eigenvalue weighted by Crippen LogP contribution is -2.19. The van der Waals surface area contributed by atoms with Gasteiger partial charge in [0, 0.05) is 5.56 Å². The van der Waals surface area contributed by atoms with Gasteiger partial charge in [-0.15, -0.1) is 0 Å². The van der Waals surface area contributed by atoms with E-state index in [9.17, 15) is 14.0 Å². The summed E-state index contributed by atoms with van der Waals surface area (Å²) in [5.41, 5.74) is 7.41. The summed E-state index contributed by atoms with van der Waals surface area (Å²) >= 11 is 0. The minimum atomic E-state index is -0.310. The van der Waals surface area contributed by atoms with Crippen molar-refractivity contribution >= 4 is 17.9 Å². The van der Waals surface area contributed by atoms with E-state index in [-0.39, 0.29) is 24.0 Å². The molecule has 0 aliphatic rings. The van der Waals surface area contributed by atoms with Crippen LogP contribution in [0.4, 0.5) is 10.1 Å². The number of methoxy groups -OCH3 is 1. The summed E-state index contributed by atoms with van der Waals surface area (Å²) in [6.45, 7) is 4.29. The number of esters is 1. The van der Waals surface area contributed by atoms with Crippen LogP contribution in [0.5, 0.6) is 0 Å². The fourth-order valence-corrected chi connectivity index (χ4v) is 1.58. The van der Waals surface area contributed by atoms with Gasteiger partial charge in [-0.2, -0.15) is 0 Å². The van der Waals surface area contributed by atoms with Gasteiger partial charge >= 0.3 is 5.97 Å². The number of anilines is 1. The van der Waals surface area contributed by atoms with Crippen LogP contribution in [-0.4, -0.2) is 37.9 Å². The Morgan fingerprint density at radius 3 is 2.28 bits per heavy atom. The molecule has 0 saturated carbocycles. The molecule has 25 heavy (non-hydrogen) atoms. The minimum absolute atomic E-state index is 0.196. The normalized spacial score (nSPS) is 9.00. The zero-order chi connectivity index (χ0) is 19.2. The highest BCUT2D eigenvalue weighted by atomic mass is 19.1. The number of hydrogen-bond donors (Lipinski definition) is 2. The van der Waals surface area contributed by atoms with Crippen LogP contribution in [0.15, 0.2) is 36.4 Å². The van der Waals surface area contributed by atoms with Crippen molar-refractivity contribution in [2.24, 2.45) is 0 Å². The largest absolute Gasteiger partial charge is 0.468 e. The summed E-state index contributed by atoms with van der Waals surface area (Å²) in [6.07, 6.45) is 0.600. The Kier molecular flexibility index (Phi) is 11.2. The molecule has 0 atom stereocenters.